The first-order valence-corrected chi connectivity index (χ1v) is 5.31. The summed E-state index contributed by atoms with van der Waals surface area (Å²) < 4.78 is 25.6. The zero-order chi connectivity index (χ0) is 10.5. The predicted molar refractivity (Wildman–Crippen MR) is 46.1 cm³/mol. The van der Waals surface area contributed by atoms with E-state index in [1.807, 2.05) is 0 Å². The predicted octanol–water partition coefficient (Wildman–Crippen LogP) is -1.52. The molecule has 0 saturated carbocycles. The van der Waals surface area contributed by atoms with Crippen LogP contribution in [0.5, 0.6) is 0 Å². The maximum absolute atomic E-state index is 10.9. The standard InChI is InChI=1S/C5H13N3O4S/c1-7-5(9)8(4-3-6)12-13(2,10)11/h3-4,6H2,1-2H3,(H,7,9). The molecule has 0 aliphatic rings. The smallest absolute Gasteiger partial charge is 0.339 e. The van der Waals surface area contributed by atoms with Gasteiger partial charge in [0.25, 0.3) is 10.1 Å². The van der Waals surface area contributed by atoms with Crippen LogP contribution in [0.1, 0.15) is 0 Å². The van der Waals surface area contributed by atoms with Gasteiger partial charge in [-0.25, -0.2) is 4.79 Å². The maximum Gasteiger partial charge on any atom is 0.342 e. The summed E-state index contributed by atoms with van der Waals surface area (Å²) in [7, 11) is -2.33. The molecule has 0 bridgehead atoms. The molecule has 7 nitrogen and oxygen atoms in total. The molecule has 0 heterocycles. The Morgan fingerprint density at radius 3 is 2.46 bits per heavy atom. The van der Waals surface area contributed by atoms with E-state index < -0.39 is 16.1 Å². The zero-order valence-corrected chi connectivity index (χ0v) is 8.30. The topological polar surface area (TPSA) is 102 Å². The molecule has 0 aromatic carbocycles. The van der Waals surface area contributed by atoms with Crippen molar-refractivity contribution in [3.8, 4) is 0 Å². The number of nitrogens with zero attached hydrogens (tertiary/aromatic N) is 1. The molecule has 0 rings (SSSR count). The number of amides is 2. The van der Waals surface area contributed by atoms with Gasteiger partial charge in [-0.2, -0.15) is 13.5 Å². The third-order valence-electron chi connectivity index (χ3n) is 0.998. The molecule has 0 aromatic heterocycles. The van der Waals surface area contributed by atoms with E-state index in [9.17, 15) is 13.2 Å². The van der Waals surface area contributed by atoms with Crippen LogP contribution in [0.2, 0.25) is 0 Å². The number of carbonyl (C=O) groups excluding carboxylic acids is 1. The fraction of sp³-hybridized carbons (Fsp3) is 0.800. The average Bonchev–Trinajstić information content (AvgIpc) is 2.00. The van der Waals surface area contributed by atoms with Gasteiger partial charge < -0.3 is 11.1 Å². The van der Waals surface area contributed by atoms with Gasteiger partial charge in [-0.3, -0.25) is 0 Å². The van der Waals surface area contributed by atoms with Crippen molar-refractivity contribution >= 4 is 16.1 Å². The van der Waals surface area contributed by atoms with E-state index in [4.69, 9.17) is 5.73 Å². The number of rotatable bonds is 4. The SMILES string of the molecule is CNC(=O)N(CCN)OS(C)(=O)=O. The van der Waals surface area contributed by atoms with Crippen molar-refractivity contribution in [1.29, 1.82) is 0 Å². The second-order valence-electron chi connectivity index (χ2n) is 2.22. The first kappa shape index (κ1) is 12.1. The number of nitrogens with one attached hydrogen (secondary N) is 1. The number of carbonyl (C=O) groups is 1. The Hall–Kier alpha value is -0.860. The largest absolute Gasteiger partial charge is 0.342 e. The number of urea groups is 1. The Kier molecular flexibility index (Phi) is 4.67. The van der Waals surface area contributed by atoms with Gasteiger partial charge in [0.05, 0.1) is 12.8 Å². The van der Waals surface area contributed by atoms with Gasteiger partial charge in [0.2, 0.25) is 0 Å². The van der Waals surface area contributed by atoms with Crippen LogP contribution in [-0.2, 0) is 14.4 Å². The van der Waals surface area contributed by atoms with Crippen LogP contribution in [0.15, 0.2) is 0 Å². The summed E-state index contributed by atoms with van der Waals surface area (Å²) in [5.41, 5.74) is 5.14. The first-order chi connectivity index (χ1) is 5.90. The van der Waals surface area contributed by atoms with Crippen LogP contribution in [0.25, 0.3) is 0 Å². The molecule has 0 spiro atoms. The van der Waals surface area contributed by atoms with Crippen molar-refractivity contribution in [1.82, 2.24) is 10.4 Å². The van der Waals surface area contributed by atoms with Crippen LogP contribution in [-0.4, -0.2) is 45.9 Å². The van der Waals surface area contributed by atoms with Crippen LogP contribution in [0, 0.1) is 0 Å². The monoisotopic (exact) mass is 211 g/mol. The molecule has 0 aromatic rings. The first-order valence-electron chi connectivity index (χ1n) is 3.49. The normalized spacial score (nSPS) is 11.0. The minimum absolute atomic E-state index is 0.00669. The van der Waals surface area contributed by atoms with Gasteiger partial charge in [-0.05, 0) is 0 Å². The van der Waals surface area contributed by atoms with E-state index in [0.717, 1.165) is 6.26 Å². The van der Waals surface area contributed by atoms with Gasteiger partial charge in [0, 0.05) is 13.6 Å². The van der Waals surface area contributed by atoms with Crippen LogP contribution < -0.4 is 11.1 Å². The maximum atomic E-state index is 10.9. The number of hydroxylamine groups is 2. The van der Waals surface area contributed by atoms with E-state index in [-0.39, 0.29) is 13.1 Å². The number of hydrogen-bond donors (Lipinski definition) is 2. The van der Waals surface area contributed by atoms with Crippen molar-refractivity contribution in [2.75, 3.05) is 26.4 Å². The molecular formula is C5H13N3O4S. The van der Waals surface area contributed by atoms with Gasteiger partial charge in [0.15, 0.2) is 0 Å². The summed E-state index contributed by atoms with van der Waals surface area (Å²) in [5, 5.41) is 2.86. The fourth-order valence-corrected chi connectivity index (χ4v) is 1.05. The van der Waals surface area contributed by atoms with E-state index in [1.54, 1.807) is 0 Å². The molecule has 2 amide bonds. The fourth-order valence-electron chi connectivity index (χ4n) is 0.578. The highest BCUT2D eigenvalue weighted by Gasteiger charge is 2.16. The highest BCUT2D eigenvalue weighted by atomic mass is 32.2. The molecule has 3 N–H and O–H groups in total. The summed E-state index contributed by atoms with van der Waals surface area (Å²) in [5.74, 6) is 0. The van der Waals surface area contributed by atoms with Crippen molar-refractivity contribution in [3.05, 3.63) is 0 Å². The van der Waals surface area contributed by atoms with E-state index >= 15 is 0 Å². The Morgan fingerprint density at radius 2 is 2.15 bits per heavy atom. The van der Waals surface area contributed by atoms with E-state index in [1.165, 1.54) is 7.05 Å². The van der Waals surface area contributed by atoms with Crippen LogP contribution in [0.4, 0.5) is 4.79 Å². The minimum atomic E-state index is -3.69. The van der Waals surface area contributed by atoms with Gasteiger partial charge in [0.1, 0.15) is 0 Å². The molecule has 0 radical (unpaired) electrons. The molecule has 8 heteroatoms. The molecule has 13 heavy (non-hydrogen) atoms. The zero-order valence-electron chi connectivity index (χ0n) is 7.48. The highest BCUT2D eigenvalue weighted by Crippen LogP contribution is 1.95. The lowest BCUT2D eigenvalue weighted by molar-refractivity contribution is -0.00145. The minimum Gasteiger partial charge on any atom is -0.339 e. The summed E-state index contributed by atoms with van der Waals surface area (Å²) >= 11 is 0. The molecule has 0 aliphatic carbocycles. The molecule has 0 unspecified atom stereocenters. The second-order valence-corrected chi connectivity index (χ2v) is 3.78. The Labute approximate surface area is 76.9 Å². The van der Waals surface area contributed by atoms with E-state index in [0.29, 0.717) is 5.06 Å². The number of hydrogen-bond acceptors (Lipinski definition) is 5. The molecule has 78 valence electrons. The van der Waals surface area contributed by atoms with Gasteiger partial charge in [-0.15, -0.1) is 4.28 Å². The van der Waals surface area contributed by atoms with Crippen molar-refractivity contribution < 1.29 is 17.5 Å². The second kappa shape index (κ2) is 5.00. The van der Waals surface area contributed by atoms with Gasteiger partial charge >= 0.3 is 6.03 Å². The van der Waals surface area contributed by atoms with Crippen molar-refractivity contribution in [3.63, 3.8) is 0 Å². The summed E-state index contributed by atoms with van der Waals surface area (Å²) in [4.78, 5) is 10.9. The summed E-state index contributed by atoms with van der Waals surface area (Å²) in [6, 6.07) is -0.657. The summed E-state index contributed by atoms with van der Waals surface area (Å²) in [6.45, 7) is 0.121. The third-order valence-corrected chi connectivity index (χ3v) is 1.45. The lowest BCUT2D eigenvalue weighted by Gasteiger charge is -2.18. The third kappa shape index (κ3) is 5.39. The van der Waals surface area contributed by atoms with E-state index in [2.05, 4.69) is 9.60 Å². The highest BCUT2D eigenvalue weighted by molar-refractivity contribution is 7.85. The van der Waals surface area contributed by atoms with Crippen LogP contribution in [0.3, 0.4) is 0 Å². The molecule has 0 atom stereocenters. The number of nitrogens with two attached hydrogens (primary N) is 1. The average molecular weight is 211 g/mol. The Morgan fingerprint density at radius 1 is 1.62 bits per heavy atom. The summed E-state index contributed by atoms with van der Waals surface area (Å²) in [6.07, 6.45) is 0.847. The molecule has 0 aliphatic heterocycles. The molecule has 0 fully saturated rings. The van der Waals surface area contributed by atoms with Crippen LogP contribution >= 0.6 is 0 Å². The quantitative estimate of drug-likeness (QED) is 0.550. The lowest BCUT2D eigenvalue weighted by Crippen LogP contribution is -2.42. The van der Waals surface area contributed by atoms with Crippen molar-refractivity contribution in [2.45, 2.75) is 0 Å². The lowest BCUT2D eigenvalue weighted by atomic mass is 10.6. The Bertz CT molecular complexity index is 263. The van der Waals surface area contributed by atoms with Gasteiger partial charge in [-0.1, -0.05) is 0 Å². The molecule has 0 saturated heterocycles. The Balaban J connectivity index is 4.35. The molecular weight excluding hydrogens is 198 g/mol. The van der Waals surface area contributed by atoms with Crippen molar-refractivity contribution in [2.24, 2.45) is 5.73 Å².